The highest BCUT2D eigenvalue weighted by molar-refractivity contribution is 5.74. The van der Waals surface area contributed by atoms with Crippen LogP contribution in [0.15, 0.2) is 18.3 Å². The molecule has 0 spiro atoms. The number of fused-ring (bicyclic) bond motifs is 1. The van der Waals surface area contributed by atoms with Crippen molar-refractivity contribution in [2.45, 2.75) is 26.2 Å². The molecule has 0 saturated carbocycles. The highest BCUT2D eigenvalue weighted by atomic mass is 15.0. The van der Waals surface area contributed by atoms with Crippen LogP contribution in [-0.2, 0) is 5.41 Å². The summed E-state index contributed by atoms with van der Waals surface area (Å²) < 4.78 is 0. The van der Waals surface area contributed by atoms with Gasteiger partial charge in [0.2, 0.25) is 5.95 Å². The fourth-order valence-electron chi connectivity index (χ4n) is 1.35. The highest BCUT2D eigenvalue weighted by Crippen LogP contribution is 2.21. The minimum Gasteiger partial charge on any atom is -0.368 e. The molecule has 0 aliphatic heterocycles. The molecule has 2 N–H and O–H groups in total. The lowest BCUT2D eigenvalue weighted by Gasteiger charge is -2.17. The number of nitrogen functional groups attached to an aromatic ring is 1. The molecule has 0 amide bonds. The minimum atomic E-state index is 0.0373. The Morgan fingerprint density at radius 3 is 2.47 bits per heavy atom. The van der Waals surface area contributed by atoms with Crippen molar-refractivity contribution in [3.8, 4) is 0 Å². The molecular formula is C11H14N4. The van der Waals surface area contributed by atoms with Gasteiger partial charge in [-0.05, 0) is 12.1 Å². The van der Waals surface area contributed by atoms with Crippen LogP contribution in [0.1, 0.15) is 26.5 Å². The lowest BCUT2D eigenvalue weighted by Crippen LogP contribution is -2.13. The van der Waals surface area contributed by atoms with Crippen LogP contribution in [0.2, 0.25) is 0 Å². The zero-order chi connectivity index (χ0) is 11.1. The molecule has 2 heterocycles. The van der Waals surface area contributed by atoms with E-state index in [4.69, 9.17) is 5.73 Å². The monoisotopic (exact) mass is 202 g/mol. The molecule has 0 atom stereocenters. The average Bonchev–Trinajstić information content (AvgIpc) is 2.15. The van der Waals surface area contributed by atoms with Crippen LogP contribution in [0.5, 0.6) is 0 Å². The molecule has 4 nitrogen and oxygen atoms in total. The SMILES string of the molecule is CC(C)(C)c1ccc2nc(N)ncc2n1. The third-order valence-electron chi connectivity index (χ3n) is 2.22. The largest absolute Gasteiger partial charge is 0.368 e. The number of anilines is 1. The van der Waals surface area contributed by atoms with Crippen LogP contribution in [0.25, 0.3) is 11.0 Å². The Balaban J connectivity index is 2.62. The van der Waals surface area contributed by atoms with Crippen molar-refractivity contribution in [3.05, 3.63) is 24.0 Å². The minimum absolute atomic E-state index is 0.0373. The molecule has 78 valence electrons. The van der Waals surface area contributed by atoms with E-state index in [0.717, 1.165) is 16.7 Å². The molecule has 0 saturated heterocycles. The van der Waals surface area contributed by atoms with E-state index in [2.05, 4.69) is 35.7 Å². The lowest BCUT2D eigenvalue weighted by molar-refractivity contribution is 0.571. The van der Waals surface area contributed by atoms with E-state index < -0.39 is 0 Å². The zero-order valence-electron chi connectivity index (χ0n) is 9.15. The first-order valence-corrected chi connectivity index (χ1v) is 4.86. The van der Waals surface area contributed by atoms with Gasteiger partial charge in [0.1, 0.15) is 5.52 Å². The van der Waals surface area contributed by atoms with Crippen molar-refractivity contribution in [2.75, 3.05) is 5.73 Å². The second-order valence-electron chi connectivity index (χ2n) is 4.58. The van der Waals surface area contributed by atoms with Gasteiger partial charge in [0.25, 0.3) is 0 Å². The van der Waals surface area contributed by atoms with Crippen LogP contribution in [0, 0.1) is 0 Å². The van der Waals surface area contributed by atoms with E-state index in [0.29, 0.717) is 0 Å². The number of hydrogen-bond acceptors (Lipinski definition) is 4. The molecule has 2 aromatic heterocycles. The summed E-state index contributed by atoms with van der Waals surface area (Å²) in [5.74, 6) is 0.285. The molecule has 15 heavy (non-hydrogen) atoms. The molecule has 2 aromatic rings. The average molecular weight is 202 g/mol. The quantitative estimate of drug-likeness (QED) is 0.708. The van der Waals surface area contributed by atoms with E-state index >= 15 is 0 Å². The highest BCUT2D eigenvalue weighted by Gasteiger charge is 2.15. The van der Waals surface area contributed by atoms with Gasteiger partial charge < -0.3 is 5.73 Å². The Morgan fingerprint density at radius 2 is 1.80 bits per heavy atom. The predicted molar refractivity (Wildman–Crippen MR) is 60.4 cm³/mol. The summed E-state index contributed by atoms with van der Waals surface area (Å²) in [6, 6.07) is 3.91. The standard InChI is InChI=1S/C11H14N4/c1-11(2,3)9-5-4-7-8(14-9)6-13-10(12)15-7/h4-6H,1-3H3,(H2,12,13,15). The van der Waals surface area contributed by atoms with Crippen molar-refractivity contribution in [2.24, 2.45) is 0 Å². The molecule has 0 fully saturated rings. The van der Waals surface area contributed by atoms with Crippen LogP contribution in [0.4, 0.5) is 5.95 Å². The molecule has 0 aromatic carbocycles. The first kappa shape index (κ1) is 9.83. The second-order valence-corrected chi connectivity index (χ2v) is 4.58. The number of hydrogen-bond donors (Lipinski definition) is 1. The van der Waals surface area contributed by atoms with Crippen molar-refractivity contribution in [1.82, 2.24) is 15.0 Å². The van der Waals surface area contributed by atoms with Crippen LogP contribution in [0.3, 0.4) is 0 Å². The Morgan fingerprint density at radius 1 is 1.07 bits per heavy atom. The van der Waals surface area contributed by atoms with E-state index in [1.54, 1.807) is 6.20 Å². The van der Waals surface area contributed by atoms with Gasteiger partial charge in [0, 0.05) is 11.1 Å². The maximum atomic E-state index is 5.50. The fraction of sp³-hybridized carbons (Fsp3) is 0.364. The van der Waals surface area contributed by atoms with E-state index in [1.807, 2.05) is 12.1 Å². The van der Waals surface area contributed by atoms with Gasteiger partial charge in [-0.2, -0.15) is 0 Å². The Kier molecular flexibility index (Phi) is 2.07. The molecule has 4 heteroatoms. The summed E-state index contributed by atoms with van der Waals surface area (Å²) in [5, 5.41) is 0. The normalized spacial score (nSPS) is 11.9. The van der Waals surface area contributed by atoms with Crippen molar-refractivity contribution < 1.29 is 0 Å². The zero-order valence-corrected chi connectivity index (χ0v) is 9.15. The molecular weight excluding hydrogens is 188 g/mol. The predicted octanol–water partition coefficient (Wildman–Crippen LogP) is 1.90. The maximum absolute atomic E-state index is 5.50. The second kappa shape index (κ2) is 3.15. The Labute approximate surface area is 88.6 Å². The maximum Gasteiger partial charge on any atom is 0.220 e. The van der Waals surface area contributed by atoms with Crippen LogP contribution < -0.4 is 5.73 Å². The van der Waals surface area contributed by atoms with E-state index in [1.165, 1.54) is 0 Å². The van der Waals surface area contributed by atoms with Crippen LogP contribution in [-0.4, -0.2) is 15.0 Å². The summed E-state index contributed by atoms with van der Waals surface area (Å²) in [6.45, 7) is 6.37. The van der Waals surface area contributed by atoms with Gasteiger partial charge in [-0.3, -0.25) is 0 Å². The summed E-state index contributed by atoms with van der Waals surface area (Å²) >= 11 is 0. The van der Waals surface area contributed by atoms with Gasteiger partial charge >= 0.3 is 0 Å². The topological polar surface area (TPSA) is 64.7 Å². The fourth-order valence-corrected chi connectivity index (χ4v) is 1.35. The van der Waals surface area contributed by atoms with E-state index in [-0.39, 0.29) is 11.4 Å². The van der Waals surface area contributed by atoms with Gasteiger partial charge in [-0.1, -0.05) is 20.8 Å². The number of nitrogens with two attached hydrogens (primary N) is 1. The summed E-state index contributed by atoms with van der Waals surface area (Å²) in [5.41, 5.74) is 8.14. The Bertz CT molecular complexity index is 499. The third kappa shape index (κ3) is 1.88. The van der Waals surface area contributed by atoms with Crippen molar-refractivity contribution in [1.29, 1.82) is 0 Å². The molecule has 0 aliphatic carbocycles. The van der Waals surface area contributed by atoms with Crippen molar-refractivity contribution in [3.63, 3.8) is 0 Å². The molecule has 0 radical (unpaired) electrons. The van der Waals surface area contributed by atoms with Gasteiger partial charge in [-0.25, -0.2) is 15.0 Å². The summed E-state index contributed by atoms with van der Waals surface area (Å²) in [6.07, 6.45) is 1.66. The molecule has 0 bridgehead atoms. The number of nitrogens with zero attached hydrogens (tertiary/aromatic N) is 3. The summed E-state index contributed by atoms with van der Waals surface area (Å²) in [4.78, 5) is 12.5. The van der Waals surface area contributed by atoms with Crippen molar-refractivity contribution >= 4 is 17.0 Å². The first-order chi connectivity index (χ1) is 6.97. The molecule has 0 aliphatic rings. The smallest absolute Gasteiger partial charge is 0.220 e. The molecule has 0 unspecified atom stereocenters. The van der Waals surface area contributed by atoms with Crippen LogP contribution >= 0.6 is 0 Å². The Hall–Kier alpha value is -1.71. The third-order valence-corrected chi connectivity index (χ3v) is 2.22. The van der Waals surface area contributed by atoms with Gasteiger partial charge in [0.15, 0.2) is 0 Å². The molecule has 2 rings (SSSR count). The lowest BCUT2D eigenvalue weighted by atomic mass is 9.91. The summed E-state index contributed by atoms with van der Waals surface area (Å²) in [7, 11) is 0. The van der Waals surface area contributed by atoms with E-state index in [9.17, 15) is 0 Å². The number of aromatic nitrogens is 3. The number of pyridine rings is 1. The number of rotatable bonds is 0. The van der Waals surface area contributed by atoms with Gasteiger partial charge in [-0.15, -0.1) is 0 Å². The van der Waals surface area contributed by atoms with Gasteiger partial charge in [0.05, 0.1) is 11.7 Å². The first-order valence-electron chi connectivity index (χ1n) is 4.86.